The van der Waals surface area contributed by atoms with Gasteiger partial charge in [0.1, 0.15) is 23.7 Å². The van der Waals surface area contributed by atoms with Crippen LogP contribution in [0.15, 0.2) is 78.4 Å². The zero-order valence-corrected chi connectivity index (χ0v) is 44.4. The molecule has 10 rings (SSSR count). The first-order valence-electron chi connectivity index (χ1n) is 26.7. The van der Waals surface area contributed by atoms with Gasteiger partial charge < -0.3 is 45.8 Å². The molecule has 2 aliphatic carbocycles. The number of nitrogens with one attached hydrogen (secondary N) is 3. The number of piperazine rings is 1. The number of aliphatic hydroxyl groups excluding tert-OH is 1. The number of aromatic nitrogens is 4. The number of phenolic OH excluding ortho intramolecular Hbond substituents is 1. The van der Waals surface area contributed by atoms with Gasteiger partial charge in [-0.05, 0) is 129 Å². The predicted octanol–water partition coefficient (Wildman–Crippen LogP) is 7.37. The molecule has 5 aliphatic rings. The van der Waals surface area contributed by atoms with E-state index < -0.39 is 23.6 Å². The Bertz CT molecular complexity index is 2770. The molecule has 74 heavy (non-hydrogen) atoms. The summed E-state index contributed by atoms with van der Waals surface area (Å²) in [5, 5.41) is 39.4. The molecule has 3 aliphatic heterocycles. The van der Waals surface area contributed by atoms with Crippen LogP contribution in [0.1, 0.15) is 101 Å². The summed E-state index contributed by atoms with van der Waals surface area (Å²) in [6, 6.07) is 20.6. The quantitative estimate of drug-likeness (QED) is 0.0786. The van der Waals surface area contributed by atoms with Crippen molar-refractivity contribution >= 4 is 46.4 Å². The number of carbonyl (C=O) groups is 3. The predicted molar refractivity (Wildman–Crippen MR) is 290 cm³/mol. The number of piperidine rings is 1. The lowest BCUT2D eigenvalue weighted by Crippen LogP contribution is -2.59. The minimum Gasteiger partial charge on any atom is -0.507 e. The van der Waals surface area contributed by atoms with E-state index in [-0.39, 0.29) is 47.8 Å². The maximum Gasteiger partial charge on any atom is 0.246 e. The Balaban J connectivity index is 0.659. The summed E-state index contributed by atoms with van der Waals surface area (Å²) < 4.78 is 0. The van der Waals surface area contributed by atoms with E-state index in [0.29, 0.717) is 35.6 Å². The van der Waals surface area contributed by atoms with Gasteiger partial charge in [-0.3, -0.25) is 14.4 Å². The molecule has 392 valence electrons. The summed E-state index contributed by atoms with van der Waals surface area (Å²) in [5.74, 6) is 1.53. The van der Waals surface area contributed by atoms with Crippen LogP contribution in [0, 0.1) is 23.7 Å². The number of nitrogens with zero attached hydrogens (tertiary/aromatic N) is 8. The summed E-state index contributed by atoms with van der Waals surface area (Å²) >= 11 is 1.59. The number of hydrogen-bond donors (Lipinski definition) is 5. The molecular formula is C57H73N11O5S. The molecule has 2 aromatic carbocycles. The number of phenols is 1. The van der Waals surface area contributed by atoms with Crippen molar-refractivity contribution in [2.75, 3.05) is 68.0 Å². The molecule has 17 heteroatoms. The van der Waals surface area contributed by atoms with Gasteiger partial charge in [0.25, 0.3) is 0 Å². The van der Waals surface area contributed by atoms with E-state index in [9.17, 15) is 24.6 Å². The number of aromatic hydroxyl groups is 1. The molecule has 0 bridgehead atoms. The van der Waals surface area contributed by atoms with Crippen LogP contribution in [0.25, 0.3) is 21.7 Å². The fourth-order valence-electron chi connectivity index (χ4n) is 12.4. The average molecular weight is 1020 g/mol. The molecule has 5 fully saturated rings. The van der Waals surface area contributed by atoms with Gasteiger partial charge in [-0.2, -0.15) is 0 Å². The topological polar surface area (TPSA) is 192 Å². The van der Waals surface area contributed by atoms with Crippen molar-refractivity contribution in [3.05, 3.63) is 95.3 Å². The lowest BCUT2D eigenvalue weighted by Gasteiger charge is -2.55. The first-order valence-corrected chi connectivity index (χ1v) is 27.6. The van der Waals surface area contributed by atoms with Crippen LogP contribution < -0.4 is 25.8 Å². The monoisotopic (exact) mass is 1020 g/mol. The molecule has 3 amide bonds. The molecule has 3 saturated heterocycles. The second-order valence-electron chi connectivity index (χ2n) is 22.7. The number of anilines is 3. The summed E-state index contributed by atoms with van der Waals surface area (Å²) in [7, 11) is 1.85. The van der Waals surface area contributed by atoms with Crippen molar-refractivity contribution in [3.8, 4) is 27.4 Å². The Hall–Kier alpha value is -6.17. The van der Waals surface area contributed by atoms with Crippen LogP contribution in [0.3, 0.4) is 0 Å². The third-order valence-electron chi connectivity index (χ3n) is 16.9. The lowest BCUT2D eigenvalue weighted by molar-refractivity contribution is -0.145. The second kappa shape index (κ2) is 21.6. The average Bonchev–Trinajstić information content (AvgIpc) is 4.03. The van der Waals surface area contributed by atoms with Crippen molar-refractivity contribution < 1.29 is 24.6 Å². The van der Waals surface area contributed by atoms with Gasteiger partial charge in [-0.1, -0.05) is 63.2 Å². The lowest BCUT2D eigenvalue weighted by atomic mass is 9.56. The highest BCUT2D eigenvalue weighted by molar-refractivity contribution is 7.13. The van der Waals surface area contributed by atoms with Gasteiger partial charge in [0.2, 0.25) is 17.7 Å². The molecule has 2 saturated carbocycles. The highest BCUT2D eigenvalue weighted by Crippen LogP contribution is 2.55. The Morgan fingerprint density at radius 2 is 1.58 bits per heavy atom. The molecule has 5 aromatic rings. The number of carbonyl (C=O) groups excluding carboxylic acids is 3. The maximum atomic E-state index is 14.3. The number of β-amino-alcohol motifs (C(OH)–C–C–N with tert-alkyl or cyclic N) is 1. The van der Waals surface area contributed by atoms with Crippen molar-refractivity contribution in [2.24, 2.45) is 16.7 Å². The largest absolute Gasteiger partial charge is 0.507 e. The molecular weight excluding hydrogens is 951 g/mol. The SMILES string of the molecule is CNc1nnc(-c2ccccc2O)cc1N1CCN(c2ccc(C3CCN([C@H]4CC5(CC[C@H](C(=O)N[C@H](C(=O)N6C[C@H](O)C[C@H]6C(=O)NCc6ccc(-c7scnc7C)cc6)C(C)(C)C)CC5)C4)CC3)cn2)CC1. The van der Waals surface area contributed by atoms with E-state index in [4.69, 9.17) is 4.98 Å². The maximum absolute atomic E-state index is 14.3. The fourth-order valence-corrected chi connectivity index (χ4v) is 13.2. The number of benzene rings is 2. The smallest absolute Gasteiger partial charge is 0.246 e. The zero-order chi connectivity index (χ0) is 51.7. The standard InChI is InChI=1S/C57H73N11O5S/c1-36-50(74-35-61-36)39-12-10-37(11-13-39)32-60-54(72)47-28-43(69)34-68(47)55(73)51(56(2,3)4)62-53(71)40-16-20-57(21-17-40)30-42(31-57)65-22-18-38(19-23-65)41-14-15-49(59-33-41)67-26-24-66(25-27-67)46-29-45(63-64-52(46)58-5)44-8-6-7-9-48(44)70/h6-15,29,33,35,38,40,42-43,47,51,69-70H,16-28,30-32,34H2,1-5H3,(H,58,64)(H,60,72)(H,62,71)/t40-,42-,43-,47+,51-,57?/m1/s1. The highest BCUT2D eigenvalue weighted by atomic mass is 32.1. The zero-order valence-electron chi connectivity index (χ0n) is 43.6. The first-order chi connectivity index (χ1) is 35.6. The molecule has 16 nitrogen and oxygen atoms in total. The normalized spacial score (nSPS) is 24.1. The fraction of sp³-hybridized carbons (Fsp3) is 0.526. The van der Waals surface area contributed by atoms with Gasteiger partial charge in [0.15, 0.2) is 5.82 Å². The Morgan fingerprint density at radius 3 is 2.23 bits per heavy atom. The van der Waals surface area contributed by atoms with Crippen molar-refractivity contribution in [1.82, 2.24) is 40.6 Å². The van der Waals surface area contributed by atoms with Gasteiger partial charge in [0.05, 0.1) is 33.6 Å². The molecule has 3 aromatic heterocycles. The number of likely N-dealkylation sites (tertiary alicyclic amines) is 2. The number of amides is 3. The summed E-state index contributed by atoms with van der Waals surface area (Å²) in [6.07, 6.45) is 9.70. The Morgan fingerprint density at radius 1 is 0.865 bits per heavy atom. The van der Waals surface area contributed by atoms with Crippen molar-refractivity contribution in [1.29, 1.82) is 0 Å². The van der Waals surface area contributed by atoms with Crippen LogP contribution in [0.2, 0.25) is 0 Å². The van der Waals surface area contributed by atoms with E-state index in [1.54, 1.807) is 23.5 Å². The van der Waals surface area contributed by atoms with E-state index in [1.807, 2.05) is 82.7 Å². The number of rotatable bonds is 13. The highest BCUT2D eigenvalue weighted by Gasteiger charge is 2.50. The van der Waals surface area contributed by atoms with Crippen LogP contribution >= 0.6 is 11.3 Å². The van der Waals surface area contributed by atoms with Gasteiger partial charge >= 0.3 is 0 Å². The van der Waals surface area contributed by atoms with Gasteiger partial charge in [0, 0.05) is 76.5 Å². The third kappa shape index (κ3) is 11.0. The van der Waals surface area contributed by atoms with Crippen molar-refractivity contribution in [3.63, 3.8) is 0 Å². The van der Waals surface area contributed by atoms with E-state index >= 15 is 0 Å². The second-order valence-corrected chi connectivity index (χ2v) is 23.5. The van der Waals surface area contributed by atoms with E-state index in [2.05, 4.69) is 64.2 Å². The van der Waals surface area contributed by atoms with Crippen LogP contribution in [0.4, 0.5) is 17.3 Å². The van der Waals surface area contributed by atoms with Gasteiger partial charge in [-0.25, -0.2) is 9.97 Å². The molecule has 0 radical (unpaired) electrons. The minimum atomic E-state index is -0.835. The minimum absolute atomic E-state index is 0.0497. The third-order valence-corrected chi connectivity index (χ3v) is 17.8. The number of aryl methyl sites for hydroxylation is 1. The number of thiazole rings is 1. The van der Waals surface area contributed by atoms with E-state index in [0.717, 1.165) is 111 Å². The van der Waals surface area contributed by atoms with Crippen LogP contribution in [-0.2, 0) is 20.9 Å². The Kier molecular flexibility index (Phi) is 15.0. The summed E-state index contributed by atoms with van der Waals surface area (Å²) in [5.41, 5.74) is 8.10. The molecule has 1 spiro atoms. The van der Waals surface area contributed by atoms with E-state index in [1.165, 1.54) is 23.3 Å². The number of aliphatic hydroxyl groups is 1. The summed E-state index contributed by atoms with van der Waals surface area (Å²) in [4.78, 5) is 61.3. The molecule has 6 heterocycles. The van der Waals surface area contributed by atoms with Gasteiger partial charge in [-0.15, -0.1) is 21.5 Å². The molecule has 5 N–H and O–H groups in total. The number of hydrogen-bond acceptors (Lipinski definition) is 14. The van der Waals surface area contributed by atoms with Crippen LogP contribution in [-0.4, -0.2) is 135 Å². The molecule has 0 unspecified atom stereocenters. The number of para-hydroxylation sites is 1. The van der Waals surface area contributed by atoms with Crippen LogP contribution in [0.5, 0.6) is 5.75 Å². The summed E-state index contributed by atoms with van der Waals surface area (Å²) in [6.45, 7) is 13.6. The number of pyridine rings is 1. The van der Waals surface area contributed by atoms with Crippen molar-refractivity contribution in [2.45, 2.75) is 122 Å². The molecule has 3 atom stereocenters. The Labute approximate surface area is 439 Å². The first kappa shape index (κ1) is 51.3.